The van der Waals surface area contributed by atoms with Gasteiger partial charge < -0.3 is 125 Å². The summed E-state index contributed by atoms with van der Waals surface area (Å²) in [5, 5.41) is 60.2. The van der Waals surface area contributed by atoms with Crippen LogP contribution in [0.3, 0.4) is 0 Å². The zero-order valence-corrected chi connectivity index (χ0v) is 75.6. The molecule has 0 saturated carbocycles. The van der Waals surface area contributed by atoms with Crippen LogP contribution in [0.2, 0.25) is 0 Å². The van der Waals surface area contributed by atoms with Crippen LogP contribution in [0.5, 0.6) is 5.75 Å². The largest absolute Gasteiger partial charge is 0.508 e. The highest BCUT2D eigenvalue weighted by atomic mass is 32.2. The third-order valence-corrected chi connectivity index (χ3v) is 25.2. The number of para-hydroxylation sites is 2. The van der Waals surface area contributed by atoms with Gasteiger partial charge in [0.1, 0.15) is 90.3 Å². The summed E-state index contributed by atoms with van der Waals surface area (Å²) in [5.41, 5.74) is 19.7. The standard InChI is InChI=1S/C89H120N22O21S/c1-6-8-21-67-81(124)98-48(3)76(119)106-66(77(120)96-42-74(92)117)45-133-46-75(118)99-62(33-49-25-27-53(113)28-26-49)87(130)109-31-15-14-23-68(109)83(126)104-64(38-73(91)116)88(131)110-32-16-24-69(110)82(125)102-61(36-52-41-93-47-97-52)79(122)100-59(29-30-72(90)115)86(129)111-43-54(114)37-71(111)84(127)101-60(34-50-39-94-57-19-12-10-17-55(50)57)78(121)105-65(44-112)80(123)103-63(35-51-40-95-58-20-13-11-18-56(51)58)85(128)108(5)70(22-9-7-2)89(132)107(67)4/h10-13,17-20,25-28,39-41,47-48,54,59-71,94-95,112-114H,6-9,14-16,21-24,29-38,42-46H2,1-5H3,(H2,90,115)(H2,91,116)(H2,92,117)(H,93,97)(H,96,120)(H,98,124)(H,99,118)(H,100,122)(H,101,127)(H,102,125)(H,103,123)(H,104,126)(H,105,121)(H,106,119)/t48-,54+,59-,60-,61-,62-,63-,64-,65?,66-,67-,68-,69-,70-,71-/m0/s1. The number of hydrogen-bond acceptors (Lipinski definition) is 23. The van der Waals surface area contributed by atoms with Gasteiger partial charge >= 0.3 is 0 Å². The fraction of sp³-hybridized carbons (Fsp3) is 0.517. The Labute approximate surface area is 770 Å². The van der Waals surface area contributed by atoms with E-state index in [0.29, 0.717) is 77.0 Å². The fourth-order valence-corrected chi connectivity index (χ4v) is 17.9. The minimum atomic E-state index is -1.91. The maximum absolute atomic E-state index is 15.6. The van der Waals surface area contributed by atoms with E-state index in [9.17, 15) is 58.5 Å². The van der Waals surface area contributed by atoms with Gasteiger partial charge in [0.25, 0.3) is 0 Å². The number of aliphatic hydroxyl groups is 2. The number of aromatic amines is 3. The van der Waals surface area contributed by atoms with E-state index in [0.717, 1.165) is 31.4 Å². The van der Waals surface area contributed by atoms with Crippen LogP contribution in [0.1, 0.15) is 139 Å². The number of nitrogens with zero attached hydrogens (tertiary/aromatic N) is 6. The van der Waals surface area contributed by atoms with Gasteiger partial charge in [-0.3, -0.25) is 86.3 Å². The number of H-pyrrole nitrogens is 3. The van der Waals surface area contributed by atoms with E-state index < -0.39 is 254 Å². The fourth-order valence-electron chi connectivity index (χ4n) is 17.0. The summed E-state index contributed by atoms with van der Waals surface area (Å²) >= 11 is 0.792. The van der Waals surface area contributed by atoms with Gasteiger partial charge in [0.2, 0.25) is 106 Å². The van der Waals surface area contributed by atoms with Crippen LogP contribution in [0.15, 0.2) is 97.7 Å². The smallest absolute Gasteiger partial charge is 0.246 e. The first-order chi connectivity index (χ1) is 63.6. The Bertz CT molecular complexity index is 5210. The van der Waals surface area contributed by atoms with Gasteiger partial charge in [-0.25, -0.2) is 4.98 Å². The molecule has 22 N–H and O–H groups in total. The highest BCUT2D eigenvalue weighted by Gasteiger charge is 2.47. The minimum Gasteiger partial charge on any atom is -0.508 e. The number of nitrogens with two attached hydrogens (primary N) is 3. The average Bonchev–Trinajstić information content (AvgIpc) is 1.64. The molecule has 0 aliphatic carbocycles. The highest BCUT2D eigenvalue weighted by molar-refractivity contribution is 8.00. The number of primary amides is 3. The average molecular weight is 1870 g/mol. The number of piperidine rings is 1. The number of carbonyl (C=O) groups is 18. The van der Waals surface area contributed by atoms with E-state index >= 15 is 43.2 Å². The van der Waals surface area contributed by atoms with Crippen LogP contribution in [-0.4, -0.2) is 315 Å². The van der Waals surface area contributed by atoms with Crippen molar-refractivity contribution in [2.75, 3.05) is 58.4 Å². The molecule has 3 aromatic heterocycles. The van der Waals surface area contributed by atoms with Crippen molar-refractivity contribution in [1.82, 2.24) is 97.6 Å². The van der Waals surface area contributed by atoms with E-state index in [1.807, 2.05) is 13.8 Å². The summed E-state index contributed by atoms with van der Waals surface area (Å²) in [6.07, 6.45) is 3.28. The Morgan fingerprint density at radius 3 is 1.63 bits per heavy atom. The summed E-state index contributed by atoms with van der Waals surface area (Å²) < 4.78 is 0. The maximum atomic E-state index is 15.6. The first-order valence-corrected chi connectivity index (χ1v) is 45.7. The molecule has 43 nitrogen and oxygen atoms in total. The summed E-state index contributed by atoms with van der Waals surface area (Å²) in [7, 11) is 2.69. The van der Waals surface area contributed by atoms with Crippen molar-refractivity contribution < 1.29 is 102 Å². The SMILES string of the molecule is CCCC[C@H]1C(=O)N(C)[C@@H](CCCC)C(=O)N[C@@H](C)C(=O)N[C@H](C(=O)NCC(N)=O)CSCC(=O)N[C@@H](Cc2ccc(O)cc2)C(=O)N2CCCC[C@H]2C(=O)N[C@@H](CC(N)=O)C(=O)N2CCC[C@H]2C(=O)N[C@@H](Cc2cnc[nH]2)C(=O)N[C@@H](CCC(N)=O)C(=O)N2C[C@H](O)C[C@H]2C(=O)N[C@@H](Cc2c[nH]c3ccccc23)C(=O)NC(CO)C(=O)N[C@@H](Cc2c[nH]c3ccccc23)C(=O)N1C. The van der Waals surface area contributed by atoms with Gasteiger partial charge in [-0.15, -0.1) is 11.8 Å². The van der Waals surface area contributed by atoms with Crippen LogP contribution in [0.25, 0.3) is 21.8 Å². The van der Waals surface area contributed by atoms with E-state index in [1.54, 1.807) is 60.9 Å². The summed E-state index contributed by atoms with van der Waals surface area (Å²) in [6, 6.07) is -2.41. The predicted molar refractivity (Wildman–Crippen MR) is 482 cm³/mol. The van der Waals surface area contributed by atoms with Crippen LogP contribution < -0.4 is 70.4 Å². The normalized spacial score (nSPS) is 25.4. The number of fused-ring (bicyclic) bond motifs is 5. The van der Waals surface area contributed by atoms with E-state index in [2.05, 4.69) is 73.1 Å². The second-order valence-corrected chi connectivity index (χ2v) is 35.0. The predicted octanol–water partition coefficient (Wildman–Crippen LogP) is -3.42. The van der Waals surface area contributed by atoms with Crippen molar-refractivity contribution in [3.63, 3.8) is 0 Å². The molecule has 4 aliphatic heterocycles. The zero-order chi connectivity index (χ0) is 96.4. The molecule has 3 aromatic carbocycles. The van der Waals surface area contributed by atoms with E-state index in [-0.39, 0.29) is 82.3 Å². The molecule has 4 fully saturated rings. The molecule has 10 rings (SSSR count). The Hall–Kier alpha value is -13.5. The van der Waals surface area contributed by atoms with Gasteiger partial charge in [-0.1, -0.05) is 88.1 Å². The molecule has 4 saturated heterocycles. The molecule has 0 bridgehead atoms. The summed E-state index contributed by atoms with van der Waals surface area (Å²) in [4.78, 5) is 281. The molecule has 4 aliphatic rings. The Balaban J connectivity index is 1.01. The molecular formula is C89H120N22O21S. The number of aromatic hydroxyl groups is 1. The Kier molecular flexibility index (Phi) is 36.7. The number of thioether (sulfide) groups is 1. The third kappa shape index (κ3) is 27.3. The number of phenols is 1. The molecular weight excluding hydrogens is 1750 g/mol. The second kappa shape index (κ2) is 48.0. The number of unbranched alkanes of at least 4 members (excludes halogenated alkanes) is 2. The first-order valence-electron chi connectivity index (χ1n) is 44.6. The number of amides is 18. The minimum absolute atomic E-state index is 0.00509. The molecule has 0 spiro atoms. The lowest BCUT2D eigenvalue weighted by molar-refractivity contribution is -0.149. The molecule has 1 unspecified atom stereocenters. The molecule has 133 heavy (non-hydrogen) atoms. The van der Waals surface area contributed by atoms with Gasteiger partial charge in [0.15, 0.2) is 0 Å². The van der Waals surface area contributed by atoms with Crippen molar-refractivity contribution in [3.05, 3.63) is 120 Å². The maximum Gasteiger partial charge on any atom is 0.246 e. The molecule has 6 aromatic rings. The molecule has 15 atom stereocenters. The molecule has 0 radical (unpaired) electrons. The van der Waals surface area contributed by atoms with Crippen molar-refractivity contribution >= 4 is 140 Å². The topological polar surface area (TPSA) is 643 Å². The molecule has 44 heteroatoms. The van der Waals surface area contributed by atoms with Gasteiger partial charge in [0, 0.05) is 124 Å². The van der Waals surface area contributed by atoms with Crippen LogP contribution in [-0.2, 0) is 112 Å². The summed E-state index contributed by atoms with van der Waals surface area (Å²) in [5.74, 6) is -18.2. The number of aliphatic hydroxyl groups excluding tert-OH is 2. The highest BCUT2D eigenvalue weighted by Crippen LogP contribution is 2.29. The van der Waals surface area contributed by atoms with Gasteiger partial charge in [-0.05, 0) is 99.2 Å². The number of likely N-dealkylation sites (N-methyl/N-ethyl adjacent to an activating group) is 2. The zero-order valence-electron chi connectivity index (χ0n) is 74.8. The number of carbonyl (C=O) groups excluding carboxylic acids is 18. The number of rotatable bonds is 23. The number of benzene rings is 3. The lowest BCUT2D eigenvalue weighted by atomic mass is 9.97. The number of hydrogen-bond donors (Lipinski definition) is 19. The van der Waals surface area contributed by atoms with Crippen molar-refractivity contribution in [2.24, 2.45) is 17.2 Å². The molecule has 18 amide bonds. The Morgan fingerprint density at radius 1 is 0.511 bits per heavy atom. The Morgan fingerprint density at radius 2 is 1.04 bits per heavy atom. The van der Waals surface area contributed by atoms with Crippen LogP contribution >= 0.6 is 11.8 Å². The van der Waals surface area contributed by atoms with E-state index in [4.69, 9.17) is 17.2 Å². The lowest BCUT2D eigenvalue weighted by Crippen LogP contribution is -2.62. The second-order valence-electron chi connectivity index (χ2n) is 34.0. The van der Waals surface area contributed by atoms with Crippen LogP contribution in [0.4, 0.5) is 0 Å². The van der Waals surface area contributed by atoms with E-state index in [1.165, 1.54) is 62.7 Å². The monoisotopic (exact) mass is 1860 g/mol. The third-order valence-electron chi connectivity index (χ3n) is 24.2. The van der Waals surface area contributed by atoms with Crippen LogP contribution in [0, 0.1) is 0 Å². The number of aromatic nitrogens is 4. The lowest BCUT2D eigenvalue weighted by Gasteiger charge is -2.38. The molecule has 718 valence electrons. The number of phenolic OH excluding ortho intramolecular Hbond substituents is 1. The van der Waals surface area contributed by atoms with Crippen molar-refractivity contribution in [3.8, 4) is 5.75 Å². The van der Waals surface area contributed by atoms with Crippen molar-refractivity contribution in [2.45, 2.75) is 233 Å². The van der Waals surface area contributed by atoms with Gasteiger partial charge in [-0.2, -0.15) is 0 Å². The summed E-state index contributed by atoms with van der Waals surface area (Å²) in [6.45, 7) is 2.38. The molecule has 7 heterocycles. The number of imidazole rings is 1. The van der Waals surface area contributed by atoms with Crippen molar-refractivity contribution in [1.29, 1.82) is 0 Å². The first kappa shape index (κ1) is 102. The quantitative estimate of drug-likeness (QED) is 0.0297. The van der Waals surface area contributed by atoms with Gasteiger partial charge in [0.05, 0.1) is 37.8 Å². The number of nitrogens with one attached hydrogen (secondary N) is 13.